The zero-order chi connectivity index (χ0) is 18.4. The van der Waals surface area contributed by atoms with Gasteiger partial charge in [-0.15, -0.1) is 0 Å². The van der Waals surface area contributed by atoms with E-state index < -0.39 is 5.91 Å². The normalized spacial score (nSPS) is 18.2. The van der Waals surface area contributed by atoms with Crippen LogP contribution in [0, 0.1) is 0 Å². The van der Waals surface area contributed by atoms with Crippen LogP contribution in [0.3, 0.4) is 0 Å². The van der Waals surface area contributed by atoms with Crippen LogP contribution in [0.4, 0.5) is 11.4 Å². The molecule has 4 nitrogen and oxygen atoms in total. The van der Waals surface area contributed by atoms with Crippen molar-refractivity contribution in [2.75, 3.05) is 24.3 Å². The van der Waals surface area contributed by atoms with E-state index in [1.807, 2.05) is 20.2 Å². The van der Waals surface area contributed by atoms with Crippen molar-refractivity contribution < 1.29 is 4.79 Å². The van der Waals surface area contributed by atoms with E-state index in [0.717, 1.165) is 23.4 Å². The molecule has 0 radical (unpaired) electrons. The van der Waals surface area contributed by atoms with Gasteiger partial charge in [0.1, 0.15) is 0 Å². The summed E-state index contributed by atoms with van der Waals surface area (Å²) in [6, 6.07) is 12.1. The molecule has 5 heteroatoms. The molecule has 3 N–H and O–H groups in total. The van der Waals surface area contributed by atoms with E-state index in [1.54, 1.807) is 6.07 Å². The van der Waals surface area contributed by atoms with Crippen LogP contribution in [0.25, 0.3) is 0 Å². The molecule has 1 aliphatic heterocycles. The first-order valence-corrected chi connectivity index (χ1v) is 8.74. The van der Waals surface area contributed by atoms with E-state index >= 15 is 0 Å². The minimum Gasteiger partial charge on any atom is -0.378 e. The Balaban J connectivity index is 2.09. The number of nitrogens with zero attached hydrogens (tertiary/aromatic N) is 1. The van der Waals surface area contributed by atoms with Crippen LogP contribution in [0.1, 0.15) is 47.8 Å². The second kappa shape index (κ2) is 6.26. The quantitative estimate of drug-likeness (QED) is 0.859. The SMILES string of the molecule is CN(C)c1cccc(C2CC(C)(C)c3cc(Cl)cc(C(N)=O)c3N2)c1. The molecule has 0 aliphatic carbocycles. The summed E-state index contributed by atoms with van der Waals surface area (Å²) < 4.78 is 0. The third-order valence-corrected chi connectivity index (χ3v) is 5.14. The van der Waals surface area contributed by atoms with Gasteiger partial charge in [-0.3, -0.25) is 4.79 Å². The molecular weight excluding hydrogens is 334 g/mol. The maximum Gasteiger partial charge on any atom is 0.250 e. The predicted molar refractivity (Wildman–Crippen MR) is 105 cm³/mol. The molecule has 1 unspecified atom stereocenters. The van der Waals surface area contributed by atoms with Crippen molar-refractivity contribution in [3.8, 4) is 0 Å². The van der Waals surface area contributed by atoms with Crippen LogP contribution in [0.2, 0.25) is 5.02 Å². The monoisotopic (exact) mass is 357 g/mol. The summed E-state index contributed by atoms with van der Waals surface area (Å²) in [7, 11) is 4.06. The average molecular weight is 358 g/mol. The van der Waals surface area contributed by atoms with Crippen molar-refractivity contribution in [1.82, 2.24) is 0 Å². The van der Waals surface area contributed by atoms with Crippen molar-refractivity contribution in [3.05, 3.63) is 58.1 Å². The van der Waals surface area contributed by atoms with E-state index in [0.29, 0.717) is 10.6 Å². The molecule has 1 heterocycles. The lowest BCUT2D eigenvalue weighted by molar-refractivity contribution is 0.100. The number of anilines is 2. The van der Waals surface area contributed by atoms with Gasteiger partial charge in [0.2, 0.25) is 0 Å². The largest absolute Gasteiger partial charge is 0.378 e. The van der Waals surface area contributed by atoms with Crippen LogP contribution < -0.4 is 16.0 Å². The lowest BCUT2D eigenvalue weighted by Gasteiger charge is -2.40. The van der Waals surface area contributed by atoms with Crippen LogP contribution in [0.5, 0.6) is 0 Å². The van der Waals surface area contributed by atoms with Gasteiger partial charge in [-0.05, 0) is 47.2 Å². The number of halogens is 1. The van der Waals surface area contributed by atoms with E-state index in [-0.39, 0.29) is 11.5 Å². The number of benzene rings is 2. The van der Waals surface area contributed by atoms with Crippen molar-refractivity contribution in [2.45, 2.75) is 31.7 Å². The number of fused-ring (bicyclic) bond motifs is 1. The molecule has 0 saturated carbocycles. The molecule has 1 aliphatic rings. The fourth-order valence-corrected chi connectivity index (χ4v) is 3.78. The van der Waals surface area contributed by atoms with Gasteiger partial charge >= 0.3 is 0 Å². The highest BCUT2D eigenvalue weighted by Gasteiger charge is 2.35. The minimum atomic E-state index is -0.468. The number of nitrogens with one attached hydrogen (secondary N) is 1. The topological polar surface area (TPSA) is 58.4 Å². The van der Waals surface area contributed by atoms with Crippen molar-refractivity contribution in [1.29, 1.82) is 0 Å². The van der Waals surface area contributed by atoms with Gasteiger partial charge in [0.05, 0.1) is 17.3 Å². The van der Waals surface area contributed by atoms with Gasteiger partial charge in [-0.1, -0.05) is 37.6 Å². The summed E-state index contributed by atoms with van der Waals surface area (Å²) >= 11 is 6.22. The van der Waals surface area contributed by atoms with Gasteiger partial charge in [0.25, 0.3) is 5.91 Å². The molecule has 3 rings (SSSR count). The molecule has 25 heavy (non-hydrogen) atoms. The minimum absolute atomic E-state index is 0.0988. The molecule has 2 aromatic rings. The Morgan fingerprint density at radius 1 is 1.28 bits per heavy atom. The molecule has 0 bridgehead atoms. The van der Waals surface area contributed by atoms with Gasteiger partial charge in [0, 0.05) is 24.8 Å². The third kappa shape index (κ3) is 3.31. The third-order valence-electron chi connectivity index (χ3n) is 4.92. The smallest absolute Gasteiger partial charge is 0.250 e. The van der Waals surface area contributed by atoms with E-state index in [2.05, 4.69) is 48.3 Å². The Labute approximate surface area is 154 Å². The van der Waals surface area contributed by atoms with E-state index in [9.17, 15) is 4.79 Å². The van der Waals surface area contributed by atoms with Crippen molar-refractivity contribution in [3.63, 3.8) is 0 Å². The Bertz CT molecular complexity index is 830. The first-order chi connectivity index (χ1) is 11.7. The predicted octanol–water partition coefficient (Wildman–Crippen LogP) is 4.34. The first-order valence-electron chi connectivity index (χ1n) is 8.37. The molecular formula is C20H24ClN3O. The van der Waals surface area contributed by atoms with Gasteiger partial charge in [-0.2, -0.15) is 0 Å². The highest BCUT2D eigenvalue weighted by atomic mass is 35.5. The second-order valence-corrected chi connectivity index (χ2v) is 7.95. The van der Waals surface area contributed by atoms with Crippen LogP contribution in [-0.2, 0) is 5.41 Å². The lowest BCUT2D eigenvalue weighted by atomic mass is 9.73. The number of carbonyl (C=O) groups excluding carboxylic acids is 1. The zero-order valence-electron chi connectivity index (χ0n) is 15.1. The first kappa shape index (κ1) is 17.6. The van der Waals surface area contributed by atoms with Crippen molar-refractivity contribution in [2.24, 2.45) is 5.73 Å². The zero-order valence-corrected chi connectivity index (χ0v) is 15.8. The number of amides is 1. The molecule has 132 valence electrons. The van der Waals surface area contributed by atoms with Crippen LogP contribution in [0.15, 0.2) is 36.4 Å². The Morgan fingerprint density at radius 3 is 2.64 bits per heavy atom. The average Bonchev–Trinajstić information content (AvgIpc) is 2.54. The van der Waals surface area contributed by atoms with E-state index in [1.165, 1.54) is 5.56 Å². The summed E-state index contributed by atoms with van der Waals surface area (Å²) in [4.78, 5) is 14.0. The summed E-state index contributed by atoms with van der Waals surface area (Å²) in [5.74, 6) is -0.468. The number of nitrogens with two attached hydrogens (primary N) is 1. The van der Waals surface area contributed by atoms with Gasteiger partial charge < -0.3 is 16.0 Å². The lowest BCUT2D eigenvalue weighted by Crippen LogP contribution is -2.33. The fraction of sp³-hybridized carbons (Fsp3) is 0.350. The number of primary amides is 1. The summed E-state index contributed by atoms with van der Waals surface area (Å²) in [6.45, 7) is 4.35. The Morgan fingerprint density at radius 2 is 2.00 bits per heavy atom. The fourth-order valence-electron chi connectivity index (χ4n) is 3.56. The molecule has 0 saturated heterocycles. The van der Waals surface area contributed by atoms with Crippen LogP contribution in [-0.4, -0.2) is 20.0 Å². The molecule has 2 aromatic carbocycles. The maximum absolute atomic E-state index is 11.9. The summed E-state index contributed by atoms with van der Waals surface area (Å²) in [5, 5.41) is 4.07. The second-order valence-electron chi connectivity index (χ2n) is 7.51. The Hall–Kier alpha value is -2.20. The standard InChI is InChI=1S/C20H24ClN3O/c1-20(2)11-17(12-6-5-7-14(8-12)24(3)4)23-18-15(19(22)25)9-13(21)10-16(18)20/h5-10,17,23H,11H2,1-4H3,(H2,22,25). The van der Waals surface area contributed by atoms with Crippen LogP contribution >= 0.6 is 11.6 Å². The number of rotatable bonds is 3. The highest BCUT2D eigenvalue weighted by molar-refractivity contribution is 6.31. The molecule has 0 fully saturated rings. The number of hydrogen-bond donors (Lipinski definition) is 2. The maximum atomic E-state index is 11.9. The molecule has 0 aromatic heterocycles. The molecule has 0 spiro atoms. The van der Waals surface area contributed by atoms with Gasteiger partial charge in [-0.25, -0.2) is 0 Å². The van der Waals surface area contributed by atoms with E-state index in [4.69, 9.17) is 17.3 Å². The molecule has 1 atom stereocenters. The number of hydrogen-bond acceptors (Lipinski definition) is 3. The summed E-state index contributed by atoms with van der Waals surface area (Å²) in [5.41, 5.74) is 10.1. The number of carbonyl (C=O) groups is 1. The Kier molecular flexibility index (Phi) is 4.41. The highest BCUT2D eigenvalue weighted by Crippen LogP contribution is 2.46. The summed E-state index contributed by atoms with van der Waals surface area (Å²) in [6.07, 6.45) is 0.898. The van der Waals surface area contributed by atoms with Crippen molar-refractivity contribution >= 4 is 28.9 Å². The molecule has 1 amide bonds. The van der Waals surface area contributed by atoms with Gasteiger partial charge in [0.15, 0.2) is 0 Å².